The second-order valence-corrected chi connectivity index (χ2v) is 1.35. The second kappa shape index (κ2) is 6.33. The molecule has 6 heavy (non-hydrogen) atoms. The molecule has 36 valence electrons. The van der Waals surface area contributed by atoms with Crippen LogP contribution >= 0.6 is 0 Å². The predicted octanol–water partition coefficient (Wildman–Crippen LogP) is -1.76. The molecule has 0 spiro atoms. The van der Waals surface area contributed by atoms with Crippen LogP contribution in [0.25, 0.3) is 0 Å². The molecule has 0 aromatic carbocycles. The van der Waals surface area contributed by atoms with Crippen molar-refractivity contribution in [3.8, 4) is 0 Å². The van der Waals surface area contributed by atoms with Gasteiger partial charge >= 0.3 is 37.7 Å². The van der Waals surface area contributed by atoms with Gasteiger partial charge in [0.05, 0.1) is 0 Å². The maximum atomic E-state index is 9.23. The Morgan fingerprint density at radius 1 is 1.67 bits per heavy atom. The molecule has 0 radical (unpaired) electrons. The molecular weight excluding hydrogens is 132 g/mol. The van der Waals surface area contributed by atoms with E-state index in [0.717, 1.165) is 0 Å². The number of aliphatic hydroxyl groups excluding tert-OH is 1. The molecule has 0 fully saturated rings. The Hall–Kier alpha value is 1.33. The van der Waals surface area contributed by atoms with Crippen LogP contribution in [0.2, 0.25) is 0 Å². The third-order valence-electron chi connectivity index (χ3n) is 0.110. The summed E-state index contributed by atoms with van der Waals surface area (Å²) in [4.78, 5) is 0. The molecule has 0 bridgehead atoms. The SMILES string of the molecule is O=S(O)CO.[CaH2]. The van der Waals surface area contributed by atoms with E-state index in [9.17, 15) is 4.21 Å². The standard InChI is InChI=1S/CH4O3S.Ca.2H/c2-1-5(3)4;;;/h2H,1H2,(H,3,4);;;. The van der Waals surface area contributed by atoms with Crippen molar-refractivity contribution in [3.63, 3.8) is 0 Å². The first-order valence-corrected chi connectivity index (χ1v) is 2.23. The number of rotatable bonds is 1. The first-order valence-electron chi connectivity index (χ1n) is 0.954. The van der Waals surface area contributed by atoms with E-state index in [1.54, 1.807) is 0 Å². The van der Waals surface area contributed by atoms with Crippen LogP contribution in [0.1, 0.15) is 0 Å². The van der Waals surface area contributed by atoms with Crippen LogP contribution in [0.5, 0.6) is 0 Å². The van der Waals surface area contributed by atoms with Crippen LogP contribution in [0, 0.1) is 0 Å². The first kappa shape index (κ1) is 10.3. The molecule has 5 heteroatoms. The Labute approximate surface area is 68.0 Å². The van der Waals surface area contributed by atoms with E-state index in [1.807, 2.05) is 0 Å². The van der Waals surface area contributed by atoms with Crippen LogP contribution in [0.15, 0.2) is 0 Å². The van der Waals surface area contributed by atoms with Gasteiger partial charge in [0.25, 0.3) is 0 Å². The van der Waals surface area contributed by atoms with Crippen molar-refractivity contribution in [1.82, 2.24) is 0 Å². The third-order valence-corrected chi connectivity index (χ3v) is 0.331. The minimum absolute atomic E-state index is 0. The zero-order valence-corrected chi connectivity index (χ0v) is 3.23. The van der Waals surface area contributed by atoms with E-state index in [4.69, 9.17) is 9.66 Å². The van der Waals surface area contributed by atoms with Gasteiger partial charge in [-0.3, -0.25) is 0 Å². The van der Waals surface area contributed by atoms with Gasteiger partial charge in [-0.2, -0.15) is 0 Å². The van der Waals surface area contributed by atoms with Crippen LogP contribution in [-0.4, -0.2) is 57.5 Å². The van der Waals surface area contributed by atoms with E-state index < -0.39 is 17.0 Å². The summed E-state index contributed by atoms with van der Waals surface area (Å²) < 4.78 is 16.8. The number of aliphatic hydroxyl groups is 1. The summed E-state index contributed by atoms with van der Waals surface area (Å²) in [7, 11) is 0. The molecule has 2 N–H and O–H groups in total. The van der Waals surface area contributed by atoms with Crippen molar-refractivity contribution in [2.24, 2.45) is 0 Å². The first-order chi connectivity index (χ1) is 2.27. The van der Waals surface area contributed by atoms with Gasteiger partial charge in [-0.05, 0) is 0 Å². The van der Waals surface area contributed by atoms with Crippen LogP contribution in [0.4, 0.5) is 0 Å². The Morgan fingerprint density at radius 2 is 1.83 bits per heavy atom. The third kappa shape index (κ3) is 9.01. The Balaban J connectivity index is 0. The molecule has 0 aliphatic heterocycles. The predicted molar refractivity (Wildman–Crippen MR) is 26.4 cm³/mol. The molecular formula is CH6CaO3S. The fourth-order valence-corrected chi connectivity index (χ4v) is 0. The van der Waals surface area contributed by atoms with Gasteiger partial charge in [0.2, 0.25) is 0 Å². The summed E-state index contributed by atoms with van der Waals surface area (Å²) in [5.74, 6) is -0.667. The summed E-state index contributed by atoms with van der Waals surface area (Å²) in [6, 6.07) is 0. The topological polar surface area (TPSA) is 57.5 Å². The van der Waals surface area contributed by atoms with Crippen molar-refractivity contribution >= 4 is 48.8 Å². The average Bonchev–Trinajstić information content (AvgIpc) is 1.38. The number of hydrogen-bond acceptors (Lipinski definition) is 2. The summed E-state index contributed by atoms with van der Waals surface area (Å²) >= 11 is -2.02. The molecule has 1 atom stereocenters. The van der Waals surface area contributed by atoms with E-state index in [0.29, 0.717) is 0 Å². The normalized spacial score (nSPS) is 12.3. The van der Waals surface area contributed by atoms with Crippen LogP contribution in [0.3, 0.4) is 0 Å². The number of hydrogen-bond donors (Lipinski definition) is 2. The van der Waals surface area contributed by atoms with Crippen molar-refractivity contribution < 1.29 is 13.9 Å². The quantitative estimate of drug-likeness (QED) is 0.333. The van der Waals surface area contributed by atoms with Crippen LogP contribution in [-0.2, 0) is 11.1 Å². The summed E-state index contributed by atoms with van der Waals surface area (Å²) in [5.41, 5.74) is 0. The van der Waals surface area contributed by atoms with Crippen molar-refractivity contribution in [1.29, 1.82) is 0 Å². The maximum absolute atomic E-state index is 9.23. The summed E-state index contributed by atoms with van der Waals surface area (Å²) in [5, 5.41) is 7.59. The molecule has 0 aromatic heterocycles. The fourth-order valence-electron chi connectivity index (χ4n) is 0. The van der Waals surface area contributed by atoms with E-state index in [1.165, 1.54) is 0 Å². The molecule has 0 heterocycles. The van der Waals surface area contributed by atoms with Gasteiger partial charge in [0.1, 0.15) is 5.94 Å². The average molecular weight is 138 g/mol. The van der Waals surface area contributed by atoms with Gasteiger partial charge in [0.15, 0.2) is 11.1 Å². The molecule has 1 unspecified atom stereocenters. The van der Waals surface area contributed by atoms with E-state index in [-0.39, 0.29) is 37.7 Å². The van der Waals surface area contributed by atoms with Crippen molar-refractivity contribution in [2.45, 2.75) is 0 Å². The molecule has 0 aliphatic rings. The second-order valence-electron chi connectivity index (χ2n) is 0.451. The van der Waals surface area contributed by atoms with Gasteiger partial charge in [-0.25, -0.2) is 4.21 Å². The monoisotopic (exact) mass is 138 g/mol. The van der Waals surface area contributed by atoms with Gasteiger partial charge in [-0.15, -0.1) is 0 Å². The molecule has 0 amide bonds. The van der Waals surface area contributed by atoms with Gasteiger partial charge in [-0.1, -0.05) is 0 Å². The fraction of sp³-hybridized carbons (Fsp3) is 1.00. The molecule has 0 saturated heterocycles. The van der Waals surface area contributed by atoms with Crippen molar-refractivity contribution in [3.05, 3.63) is 0 Å². The Kier molecular flexibility index (Phi) is 10.9. The summed E-state index contributed by atoms with van der Waals surface area (Å²) in [6.45, 7) is 0. The van der Waals surface area contributed by atoms with Crippen LogP contribution < -0.4 is 0 Å². The zero-order valence-electron chi connectivity index (χ0n) is 2.42. The van der Waals surface area contributed by atoms with E-state index >= 15 is 0 Å². The molecule has 0 aliphatic carbocycles. The Bertz CT molecular complexity index is 46.1. The molecule has 0 aromatic rings. The van der Waals surface area contributed by atoms with Gasteiger partial charge < -0.3 is 9.66 Å². The molecule has 3 nitrogen and oxygen atoms in total. The minimum atomic E-state index is -2.02. The molecule has 0 saturated carbocycles. The zero-order chi connectivity index (χ0) is 4.28. The van der Waals surface area contributed by atoms with Gasteiger partial charge in [0, 0.05) is 0 Å². The van der Waals surface area contributed by atoms with E-state index in [2.05, 4.69) is 0 Å². The Morgan fingerprint density at radius 3 is 1.83 bits per heavy atom. The van der Waals surface area contributed by atoms with Crippen molar-refractivity contribution in [2.75, 3.05) is 5.94 Å². The molecule has 0 rings (SSSR count). The summed E-state index contributed by atoms with van der Waals surface area (Å²) in [6.07, 6.45) is 0.